The van der Waals surface area contributed by atoms with E-state index in [0.717, 1.165) is 16.9 Å². The minimum atomic E-state index is -0.754. The fourth-order valence-corrected chi connectivity index (χ4v) is 3.37. The van der Waals surface area contributed by atoms with E-state index in [1.807, 2.05) is 18.2 Å². The number of anilines is 1. The highest BCUT2D eigenvalue weighted by Gasteiger charge is 2.35. The quantitative estimate of drug-likeness (QED) is 0.399. The van der Waals surface area contributed by atoms with Gasteiger partial charge in [0.1, 0.15) is 0 Å². The molecule has 0 unspecified atom stereocenters. The Balaban J connectivity index is 1.65. The van der Waals surface area contributed by atoms with E-state index in [1.165, 1.54) is 24.3 Å². The number of esters is 1. The number of hydrogen-bond acceptors (Lipinski definition) is 5. The molecule has 0 fully saturated rings. The highest BCUT2D eigenvalue weighted by Crippen LogP contribution is 2.27. The molecule has 7 nitrogen and oxygen atoms in total. The van der Waals surface area contributed by atoms with Crippen molar-refractivity contribution in [2.24, 2.45) is 0 Å². The normalized spacial score (nSPS) is 13.5. The summed E-state index contributed by atoms with van der Waals surface area (Å²) in [5, 5.41) is 2.78. The van der Waals surface area contributed by atoms with Crippen molar-refractivity contribution in [1.82, 2.24) is 4.90 Å². The van der Waals surface area contributed by atoms with Crippen molar-refractivity contribution in [2.45, 2.75) is 26.2 Å². The Morgan fingerprint density at radius 2 is 1.84 bits per heavy atom. The van der Waals surface area contributed by atoms with Crippen molar-refractivity contribution in [3.8, 4) is 0 Å². The third-order valence-electron chi connectivity index (χ3n) is 5.23. The van der Waals surface area contributed by atoms with Gasteiger partial charge in [0.2, 0.25) is 0 Å². The molecule has 31 heavy (non-hydrogen) atoms. The maximum atomic E-state index is 12.4. The minimum Gasteiger partial charge on any atom is -0.452 e. The summed E-state index contributed by atoms with van der Waals surface area (Å²) in [5.74, 6) is -1.87. The number of amides is 3. The summed E-state index contributed by atoms with van der Waals surface area (Å²) in [6.07, 6.45) is 2.38. The fourth-order valence-electron chi connectivity index (χ4n) is 3.37. The predicted octanol–water partition coefficient (Wildman–Crippen LogP) is 3.78. The van der Waals surface area contributed by atoms with Crippen LogP contribution in [0.3, 0.4) is 0 Å². The number of ether oxygens (including phenoxy) is 1. The van der Waals surface area contributed by atoms with Gasteiger partial charge in [-0.2, -0.15) is 0 Å². The Bertz CT molecular complexity index is 1060. The van der Waals surface area contributed by atoms with Crippen LogP contribution in [0.1, 0.15) is 62.8 Å². The molecule has 3 amide bonds. The largest absolute Gasteiger partial charge is 0.452 e. The van der Waals surface area contributed by atoms with Crippen LogP contribution >= 0.6 is 0 Å². The van der Waals surface area contributed by atoms with Gasteiger partial charge in [-0.25, -0.2) is 4.79 Å². The van der Waals surface area contributed by atoms with Gasteiger partial charge in [-0.15, -0.1) is 6.58 Å². The Morgan fingerprint density at radius 1 is 1.13 bits per heavy atom. The first-order valence-electron chi connectivity index (χ1n) is 10.0. The number of nitrogens with zero attached hydrogens (tertiary/aromatic N) is 1. The van der Waals surface area contributed by atoms with Gasteiger partial charge in [0.05, 0.1) is 16.7 Å². The summed E-state index contributed by atoms with van der Waals surface area (Å²) in [7, 11) is 0. The van der Waals surface area contributed by atoms with E-state index >= 15 is 0 Å². The molecule has 0 aromatic heterocycles. The number of nitrogens with one attached hydrogen (secondary N) is 1. The molecule has 7 heteroatoms. The van der Waals surface area contributed by atoms with Gasteiger partial charge in [0, 0.05) is 12.2 Å². The molecule has 3 rings (SSSR count). The van der Waals surface area contributed by atoms with Crippen LogP contribution in [0.15, 0.2) is 55.1 Å². The molecule has 160 valence electrons. The molecule has 0 saturated heterocycles. The molecule has 0 aliphatic carbocycles. The number of carbonyl (C=O) groups is 4. The molecule has 0 radical (unpaired) electrons. The number of fused-ring (bicyclic) bond motifs is 1. The van der Waals surface area contributed by atoms with Crippen LogP contribution in [0.5, 0.6) is 0 Å². The van der Waals surface area contributed by atoms with Crippen LogP contribution in [0.2, 0.25) is 0 Å². The number of para-hydroxylation sites is 1. The van der Waals surface area contributed by atoms with Gasteiger partial charge in [0.15, 0.2) is 6.61 Å². The first-order valence-corrected chi connectivity index (χ1v) is 10.0. The van der Waals surface area contributed by atoms with E-state index in [4.69, 9.17) is 4.74 Å². The third-order valence-corrected chi connectivity index (χ3v) is 5.23. The van der Waals surface area contributed by atoms with E-state index in [1.54, 1.807) is 6.07 Å². The van der Waals surface area contributed by atoms with E-state index in [0.29, 0.717) is 5.69 Å². The average Bonchev–Trinajstić information content (AvgIpc) is 3.02. The monoisotopic (exact) mass is 420 g/mol. The smallest absolute Gasteiger partial charge is 0.338 e. The van der Waals surface area contributed by atoms with Gasteiger partial charge in [0.25, 0.3) is 17.7 Å². The summed E-state index contributed by atoms with van der Waals surface area (Å²) < 4.78 is 5.11. The second kappa shape index (κ2) is 9.38. The van der Waals surface area contributed by atoms with Crippen LogP contribution in [-0.4, -0.2) is 41.7 Å². The number of hydrogen-bond donors (Lipinski definition) is 1. The lowest BCUT2D eigenvalue weighted by Crippen LogP contribution is -2.29. The molecule has 1 aliphatic heterocycles. The van der Waals surface area contributed by atoms with Crippen LogP contribution < -0.4 is 5.32 Å². The Labute approximate surface area is 180 Å². The van der Waals surface area contributed by atoms with Crippen molar-refractivity contribution in [2.75, 3.05) is 18.5 Å². The van der Waals surface area contributed by atoms with Crippen molar-refractivity contribution < 1.29 is 23.9 Å². The van der Waals surface area contributed by atoms with Gasteiger partial charge in [-0.05, 0) is 42.2 Å². The lowest BCUT2D eigenvalue weighted by Gasteiger charge is -2.15. The van der Waals surface area contributed by atoms with E-state index in [2.05, 4.69) is 25.7 Å². The lowest BCUT2D eigenvalue weighted by molar-refractivity contribution is -0.119. The Morgan fingerprint density at radius 3 is 2.55 bits per heavy atom. The van der Waals surface area contributed by atoms with E-state index in [-0.39, 0.29) is 29.2 Å². The summed E-state index contributed by atoms with van der Waals surface area (Å²) in [5.41, 5.74) is 2.14. The van der Waals surface area contributed by atoms with Crippen LogP contribution in [0.4, 0.5) is 5.69 Å². The molecule has 0 saturated carbocycles. The zero-order chi connectivity index (χ0) is 22.5. The van der Waals surface area contributed by atoms with Crippen molar-refractivity contribution in [3.05, 3.63) is 77.4 Å². The second-order valence-corrected chi connectivity index (χ2v) is 7.29. The van der Waals surface area contributed by atoms with Crippen LogP contribution in [0.25, 0.3) is 0 Å². The minimum absolute atomic E-state index is 0.0877. The summed E-state index contributed by atoms with van der Waals surface area (Å²) in [6, 6.07) is 11.6. The van der Waals surface area contributed by atoms with Crippen molar-refractivity contribution >= 4 is 29.4 Å². The van der Waals surface area contributed by atoms with Gasteiger partial charge in [-0.1, -0.05) is 38.1 Å². The van der Waals surface area contributed by atoms with E-state index in [9.17, 15) is 19.2 Å². The SMILES string of the molecule is C=CCN1C(=O)c2ccc(C(=O)OCC(=O)Nc3ccccc3[C@@H](C)CC)cc2C1=O. The number of carbonyl (C=O) groups excluding carboxylic acids is 4. The molecule has 0 spiro atoms. The maximum absolute atomic E-state index is 12.4. The van der Waals surface area contributed by atoms with Crippen LogP contribution in [0, 0.1) is 0 Å². The van der Waals surface area contributed by atoms with Gasteiger partial charge in [-0.3, -0.25) is 19.3 Å². The van der Waals surface area contributed by atoms with Gasteiger partial charge >= 0.3 is 5.97 Å². The molecule has 1 atom stereocenters. The highest BCUT2D eigenvalue weighted by atomic mass is 16.5. The molecule has 1 N–H and O–H groups in total. The zero-order valence-corrected chi connectivity index (χ0v) is 17.5. The second-order valence-electron chi connectivity index (χ2n) is 7.29. The predicted molar refractivity (Wildman–Crippen MR) is 116 cm³/mol. The Hall–Kier alpha value is -3.74. The lowest BCUT2D eigenvalue weighted by atomic mass is 9.97. The molecule has 0 bridgehead atoms. The number of imide groups is 1. The number of benzene rings is 2. The summed E-state index contributed by atoms with van der Waals surface area (Å²) in [6.45, 7) is 7.29. The first kappa shape index (κ1) is 22.0. The maximum Gasteiger partial charge on any atom is 0.338 e. The molecular formula is C24H24N2O5. The summed E-state index contributed by atoms with van der Waals surface area (Å²) in [4.78, 5) is 50.4. The van der Waals surface area contributed by atoms with Crippen LogP contribution in [-0.2, 0) is 9.53 Å². The first-order chi connectivity index (χ1) is 14.9. The fraction of sp³-hybridized carbons (Fsp3) is 0.250. The Kier molecular flexibility index (Phi) is 6.65. The highest BCUT2D eigenvalue weighted by molar-refractivity contribution is 6.22. The summed E-state index contributed by atoms with van der Waals surface area (Å²) >= 11 is 0. The van der Waals surface area contributed by atoms with E-state index < -0.39 is 30.3 Å². The standard InChI is InChI=1S/C24H24N2O5/c1-4-12-26-22(28)18-11-10-16(13-19(18)23(26)29)24(30)31-14-21(27)25-20-9-7-6-8-17(20)15(3)5-2/h4,6-11,13,15H,1,5,12,14H2,2-3H3,(H,25,27)/t15-/m0/s1. The number of rotatable bonds is 8. The molecule has 2 aromatic rings. The zero-order valence-electron chi connectivity index (χ0n) is 17.5. The average molecular weight is 420 g/mol. The molecule has 1 heterocycles. The third kappa shape index (κ3) is 4.55. The van der Waals surface area contributed by atoms with Gasteiger partial charge < -0.3 is 10.1 Å². The molecule has 2 aromatic carbocycles. The van der Waals surface area contributed by atoms with Crippen molar-refractivity contribution in [1.29, 1.82) is 0 Å². The molecular weight excluding hydrogens is 396 g/mol. The topological polar surface area (TPSA) is 92.8 Å². The van der Waals surface area contributed by atoms with Crippen molar-refractivity contribution in [3.63, 3.8) is 0 Å². The molecule has 1 aliphatic rings.